The second-order valence-electron chi connectivity index (χ2n) is 4.40. The predicted molar refractivity (Wildman–Crippen MR) is 71.1 cm³/mol. The maximum absolute atomic E-state index is 5.78. The molecule has 0 atom stereocenters. The van der Waals surface area contributed by atoms with E-state index in [1.165, 1.54) is 11.1 Å². The molecule has 0 aromatic heterocycles. The SMILES string of the molecule is Nc1cccc(Cc2ccc3c(c2)OCCO3)c1. The third-order valence-electron chi connectivity index (χ3n) is 2.97. The van der Waals surface area contributed by atoms with E-state index in [0.29, 0.717) is 13.2 Å². The summed E-state index contributed by atoms with van der Waals surface area (Å²) in [6, 6.07) is 14.0. The zero-order valence-corrected chi connectivity index (χ0v) is 10.1. The van der Waals surface area contributed by atoms with Crippen LogP contribution < -0.4 is 15.2 Å². The third-order valence-corrected chi connectivity index (χ3v) is 2.97. The van der Waals surface area contributed by atoms with Crippen molar-refractivity contribution in [2.75, 3.05) is 18.9 Å². The smallest absolute Gasteiger partial charge is 0.161 e. The molecule has 0 spiro atoms. The Bertz CT molecular complexity index is 566. The molecule has 1 aliphatic heterocycles. The minimum atomic E-state index is 0.620. The number of benzene rings is 2. The molecule has 0 saturated carbocycles. The van der Waals surface area contributed by atoms with Gasteiger partial charge < -0.3 is 15.2 Å². The van der Waals surface area contributed by atoms with E-state index in [-0.39, 0.29) is 0 Å². The lowest BCUT2D eigenvalue weighted by Gasteiger charge is -2.18. The molecule has 1 aliphatic rings. The average molecular weight is 241 g/mol. The number of nitrogens with two attached hydrogens (primary N) is 1. The standard InChI is InChI=1S/C15H15NO2/c16-13-3-1-2-11(9-13)8-12-4-5-14-15(10-12)18-7-6-17-14/h1-5,9-10H,6-8,16H2. The molecule has 3 nitrogen and oxygen atoms in total. The summed E-state index contributed by atoms with van der Waals surface area (Å²) in [5.74, 6) is 1.67. The third kappa shape index (κ3) is 2.25. The minimum absolute atomic E-state index is 0.620. The van der Waals surface area contributed by atoms with Gasteiger partial charge in [-0.3, -0.25) is 0 Å². The van der Waals surface area contributed by atoms with Gasteiger partial charge in [0.15, 0.2) is 11.5 Å². The highest BCUT2D eigenvalue weighted by molar-refractivity contribution is 5.46. The van der Waals surface area contributed by atoms with Crippen molar-refractivity contribution in [2.45, 2.75) is 6.42 Å². The van der Waals surface area contributed by atoms with Crippen molar-refractivity contribution in [2.24, 2.45) is 0 Å². The van der Waals surface area contributed by atoms with Gasteiger partial charge in [0, 0.05) is 5.69 Å². The summed E-state index contributed by atoms with van der Waals surface area (Å²) >= 11 is 0. The van der Waals surface area contributed by atoms with Crippen LogP contribution in [0.2, 0.25) is 0 Å². The van der Waals surface area contributed by atoms with Crippen molar-refractivity contribution in [1.82, 2.24) is 0 Å². The molecule has 0 bridgehead atoms. The van der Waals surface area contributed by atoms with E-state index < -0.39 is 0 Å². The van der Waals surface area contributed by atoms with Gasteiger partial charge in [0.1, 0.15) is 13.2 Å². The maximum Gasteiger partial charge on any atom is 0.161 e. The summed E-state index contributed by atoms with van der Waals surface area (Å²) in [7, 11) is 0. The predicted octanol–water partition coefficient (Wildman–Crippen LogP) is 2.63. The second-order valence-corrected chi connectivity index (χ2v) is 4.40. The van der Waals surface area contributed by atoms with Gasteiger partial charge >= 0.3 is 0 Å². The molecule has 0 aliphatic carbocycles. The number of anilines is 1. The molecule has 2 aromatic carbocycles. The van der Waals surface area contributed by atoms with E-state index >= 15 is 0 Å². The topological polar surface area (TPSA) is 44.5 Å². The quantitative estimate of drug-likeness (QED) is 0.822. The van der Waals surface area contributed by atoms with Crippen LogP contribution in [0.4, 0.5) is 5.69 Å². The van der Waals surface area contributed by atoms with Gasteiger partial charge in [0.2, 0.25) is 0 Å². The number of fused-ring (bicyclic) bond motifs is 1. The molecule has 2 N–H and O–H groups in total. The summed E-state index contributed by atoms with van der Waals surface area (Å²) in [4.78, 5) is 0. The van der Waals surface area contributed by atoms with Crippen LogP contribution in [0.1, 0.15) is 11.1 Å². The van der Waals surface area contributed by atoms with Crippen molar-refractivity contribution in [3.63, 3.8) is 0 Å². The van der Waals surface area contributed by atoms with E-state index in [1.54, 1.807) is 0 Å². The highest BCUT2D eigenvalue weighted by Crippen LogP contribution is 2.31. The summed E-state index contributed by atoms with van der Waals surface area (Å²) in [6.45, 7) is 1.25. The molecule has 92 valence electrons. The zero-order valence-electron chi connectivity index (χ0n) is 10.1. The lowest BCUT2D eigenvalue weighted by atomic mass is 10.0. The number of rotatable bonds is 2. The molecule has 2 aromatic rings. The van der Waals surface area contributed by atoms with Crippen molar-refractivity contribution >= 4 is 5.69 Å². The molecule has 0 saturated heterocycles. The van der Waals surface area contributed by atoms with Crippen LogP contribution in [0, 0.1) is 0 Å². The number of ether oxygens (including phenoxy) is 2. The lowest BCUT2D eigenvalue weighted by molar-refractivity contribution is 0.171. The van der Waals surface area contributed by atoms with Crippen molar-refractivity contribution in [3.05, 3.63) is 53.6 Å². The fourth-order valence-electron chi connectivity index (χ4n) is 2.14. The Labute approximate surface area is 106 Å². The molecule has 0 fully saturated rings. The van der Waals surface area contributed by atoms with Gasteiger partial charge in [0.05, 0.1) is 0 Å². The van der Waals surface area contributed by atoms with E-state index in [9.17, 15) is 0 Å². The van der Waals surface area contributed by atoms with Crippen LogP contribution in [-0.4, -0.2) is 13.2 Å². The van der Waals surface area contributed by atoms with Crippen molar-refractivity contribution < 1.29 is 9.47 Å². The van der Waals surface area contributed by atoms with Gasteiger partial charge in [-0.05, 0) is 41.8 Å². The molecule has 0 amide bonds. The van der Waals surface area contributed by atoms with Crippen LogP contribution in [-0.2, 0) is 6.42 Å². The van der Waals surface area contributed by atoms with Crippen LogP contribution in [0.5, 0.6) is 11.5 Å². The Kier molecular flexibility index (Phi) is 2.81. The molecule has 1 heterocycles. The molecule has 0 radical (unpaired) electrons. The van der Waals surface area contributed by atoms with E-state index in [1.807, 2.05) is 30.3 Å². The monoisotopic (exact) mass is 241 g/mol. The summed E-state index contributed by atoms with van der Waals surface area (Å²) < 4.78 is 11.1. The Hall–Kier alpha value is -2.16. The highest BCUT2D eigenvalue weighted by atomic mass is 16.6. The normalized spacial score (nSPS) is 13.3. The first-order valence-corrected chi connectivity index (χ1v) is 6.04. The summed E-state index contributed by atoms with van der Waals surface area (Å²) in [6.07, 6.45) is 0.849. The Morgan fingerprint density at radius 3 is 2.50 bits per heavy atom. The van der Waals surface area contributed by atoms with Crippen molar-refractivity contribution in [1.29, 1.82) is 0 Å². The molecular weight excluding hydrogens is 226 g/mol. The van der Waals surface area contributed by atoms with Crippen LogP contribution in [0.25, 0.3) is 0 Å². The molecule has 0 unspecified atom stereocenters. The molecule has 3 heteroatoms. The number of nitrogen functional groups attached to an aromatic ring is 1. The summed E-state index contributed by atoms with van der Waals surface area (Å²) in [5, 5.41) is 0. The minimum Gasteiger partial charge on any atom is -0.486 e. The molecule has 18 heavy (non-hydrogen) atoms. The lowest BCUT2D eigenvalue weighted by Crippen LogP contribution is -2.15. The summed E-state index contributed by atoms with van der Waals surface area (Å²) in [5.41, 5.74) is 8.97. The maximum atomic E-state index is 5.78. The van der Waals surface area contributed by atoms with E-state index in [2.05, 4.69) is 12.1 Å². The second kappa shape index (κ2) is 4.61. The average Bonchev–Trinajstić information content (AvgIpc) is 2.39. The Balaban J connectivity index is 1.85. The number of hydrogen-bond donors (Lipinski definition) is 1. The van der Waals surface area contributed by atoms with Gasteiger partial charge in [-0.15, -0.1) is 0 Å². The van der Waals surface area contributed by atoms with Crippen LogP contribution in [0.15, 0.2) is 42.5 Å². The van der Waals surface area contributed by atoms with Gasteiger partial charge in [-0.2, -0.15) is 0 Å². The molecule has 3 rings (SSSR count). The van der Waals surface area contributed by atoms with Gasteiger partial charge in [0.25, 0.3) is 0 Å². The van der Waals surface area contributed by atoms with Gasteiger partial charge in [-0.1, -0.05) is 18.2 Å². The Morgan fingerprint density at radius 2 is 1.67 bits per heavy atom. The molecular formula is C15H15NO2. The van der Waals surface area contributed by atoms with Crippen molar-refractivity contribution in [3.8, 4) is 11.5 Å². The van der Waals surface area contributed by atoms with E-state index in [0.717, 1.165) is 23.6 Å². The fraction of sp³-hybridized carbons (Fsp3) is 0.200. The first-order chi connectivity index (χ1) is 8.81. The first-order valence-electron chi connectivity index (χ1n) is 6.04. The van der Waals surface area contributed by atoms with E-state index in [4.69, 9.17) is 15.2 Å². The van der Waals surface area contributed by atoms with Gasteiger partial charge in [-0.25, -0.2) is 0 Å². The van der Waals surface area contributed by atoms with Crippen LogP contribution >= 0.6 is 0 Å². The highest BCUT2D eigenvalue weighted by Gasteiger charge is 2.11. The first kappa shape index (κ1) is 11.0. The largest absolute Gasteiger partial charge is 0.486 e. The zero-order chi connectivity index (χ0) is 12.4. The Morgan fingerprint density at radius 1 is 0.889 bits per heavy atom. The fourth-order valence-corrected chi connectivity index (χ4v) is 2.14. The van der Waals surface area contributed by atoms with Crippen LogP contribution in [0.3, 0.4) is 0 Å². The number of hydrogen-bond acceptors (Lipinski definition) is 3.